The number of carbonyl (C=O) groups is 3. The van der Waals surface area contributed by atoms with Crippen LogP contribution in [0.25, 0.3) is 11.0 Å². The number of amides is 2. The lowest BCUT2D eigenvalue weighted by Crippen LogP contribution is -2.44. The van der Waals surface area contributed by atoms with E-state index < -0.39 is 11.9 Å². The van der Waals surface area contributed by atoms with Gasteiger partial charge in [0.1, 0.15) is 12.3 Å². The molecule has 4 rings (SSSR count). The van der Waals surface area contributed by atoms with Gasteiger partial charge < -0.3 is 4.79 Å². The molecule has 7 heteroatoms. The van der Waals surface area contributed by atoms with Crippen molar-refractivity contribution in [2.45, 2.75) is 57.4 Å². The Balaban J connectivity index is 1.57. The highest BCUT2D eigenvalue weighted by molar-refractivity contribution is 6.00. The van der Waals surface area contributed by atoms with Gasteiger partial charge in [-0.3, -0.25) is 24.0 Å². The molecular formula is C22H27N3O4. The van der Waals surface area contributed by atoms with Crippen molar-refractivity contribution >= 4 is 29.1 Å². The van der Waals surface area contributed by atoms with Crippen LogP contribution in [0.5, 0.6) is 0 Å². The number of hydrogen-bond acceptors (Lipinski definition) is 4. The first kappa shape index (κ1) is 19.6. The molecule has 29 heavy (non-hydrogen) atoms. The number of carbonyl (C=O) groups excluding carboxylic acids is 3. The monoisotopic (exact) mass is 397 g/mol. The van der Waals surface area contributed by atoms with Crippen LogP contribution in [0, 0.1) is 11.8 Å². The third-order valence-electron chi connectivity index (χ3n) is 6.60. The first-order chi connectivity index (χ1) is 14.0. The Bertz CT molecular complexity index is 1010. The van der Waals surface area contributed by atoms with Crippen LogP contribution in [0.4, 0.5) is 0 Å². The Labute approximate surface area is 169 Å². The molecule has 2 amide bonds. The minimum absolute atomic E-state index is 0.235. The van der Waals surface area contributed by atoms with Gasteiger partial charge in [-0.15, -0.1) is 0 Å². The van der Waals surface area contributed by atoms with Gasteiger partial charge in [0, 0.05) is 19.9 Å². The van der Waals surface area contributed by atoms with E-state index in [0.717, 1.165) is 49.4 Å². The summed E-state index contributed by atoms with van der Waals surface area (Å²) in [6, 6.07) is 5.37. The molecule has 2 aliphatic rings. The number of nitrogens with zero attached hydrogens (tertiary/aromatic N) is 2. The average Bonchev–Trinajstić information content (AvgIpc) is 2.94. The number of aldehydes is 1. The minimum atomic E-state index is -0.650. The minimum Gasteiger partial charge on any atom is -0.303 e. The summed E-state index contributed by atoms with van der Waals surface area (Å²) in [6.07, 6.45) is 7.73. The number of fused-ring (bicyclic) bond motifs is 1. The standard InChI is InChI=1S/C22H27N3O4/c1-24-19-13-16(12-15-4-2-14(3-5-15)10-11-26)6-7-17(19)25(22(24)29)18-8-9-20(27)23-21(18)28/h6-7,11,13-15,18H,2-5,8-10,12H2,1H3,(H,23,27,28). The molecule has 1 aromatic heterocycles. The number of hydrogen-bond donors (Lipinski definition) is 1. The molecule has 0 radical (unpaired) electrons. The number of aromatic nitrogens is 2. The maximum absolute atomic E-state index is 12.8. The molecule has 1 aliphatic heterocycles. The van der Waals surface area contributed by atoms with Gasteiger partial charge in [-0.05, 0) is 68.1 Å². The lowest BCUT2D eigenvalue weighted by Gasteiger charge is -2.27. The zero-order valence-electron chi connectivity index (χ0n) is 16.7. The number of nitrogens with one attached hydrogen (secondary N) is 1. The number of benzene rings is 1. The zero-order chi connectivity index (χ0) is 20.5. The molecule has 1 atom stereocenters. The maximum atomic E-state index is 12.8. The average molecular weight is 397 g/mol. The van der Waals surface area contributed by atoms with Crippen molar-refractivity contribution in [1.82, 2.24) is 14.5 Å². The summed E-state index contributed by atoms with van der Waals surface area (Å²) in [5, 5.41) is 2.34. The van der Waals surface area contributed by atoms with Gasteiger partial charge in [0.05, 0.1) is 11.0 Å². The summed E-state index contributed by atoms with van der Waals surface area (Å²) in [6.45, 7) is 0. The summed E-state index contributed by atoms with van der Waals surface area (Å²) in [5.41, 5.74) is 2.49. The molecular weight excluding hydrogens is 370 g/mol. The maximum Gasteiger partial charge on any atom is 0.329 e. The van der Waals surface area contributed by atoms with Crippen LogP contribution in [0.15, 0.2) is 23.0 Å². The summed E-state index contributed by atoms with van der Waals surface area (Å²) < 4.78 is 3.11. The Morgan fingerprint density at radius 1 is 1.03 bits per heavy atom. The first-order valence-corrected chi connectivity index (χ1v) is 10.4. The van der Waals surface area contributed by atoms with Crippen molar-refractivity contribution < 1.29 is 14.4 Å². The van der Waals surface area contributed by atoms with Crippen molar-refractivity contribution in [3.63, 3.8) is 0 Å². The van der Waals surface area contributed by atoms with Crippen LogP contribution in [-0.2, 0) is 27.9 Å². The summed E-state index contributed by atoms with van der Waals surface area (Å²) in [4.78, 5) is 47.3. The van der Waals surface area contributed by atoms with Crippen LogP contribution in [0.1, 0.15) is 56.6 Å². The van der Waals surface area contributed by atoms with Crippen LogP contribution in [0.2, 0.25) is 0 Å². The van der Waals surface area contributed by atoms with Crippen LogP contribution >= 0.6 is 0 Å². The quantitative estimate of drug-likeness (QED) is 0.619. The van der Waals surface area contributed by atoms with Crippen LogP contribution in [0.3, 0.4) is 0 Å². The van der Waals surface area contributed by atoms with Crippen molar-refractivity contribution in [2.75, 3.05) is 0 Å². The van der Waals surface area contributed by atoms with E-state index in [1.807, 2.05) is 12.1 Å². The summed E-state index contributed by atoms with van der Waals surface area (Å²) in [5.74, 6) is 0.441. The lowest BCUT2D eigenvalue weighted by molar-refractivity contribution is -0.135. The Morgan fingerprint density at radius 3 is 2.45 bits per heavy atom. The highest BCUT2D eigenvalue weighted by Gasteiger charge is 2.31. The molecule has 154 valence electrons. The van der Waals surface area contributed by atoms with E-state index in [1.165, 1.54) is 10.1 Å². The predicted octanol–water partition coefficient (Wildman–Crippen LogP) is 2.26. The second-order valence-electron chi connectivity index (χ2n) is 8.49. The number of imidazole rings is 1. The largest absolute Gasteiger partial charge is 0.329 e. The second-order valence-corrected chi connectivity index (χ2v) is 8.49. The van der Waals surface area contributed by atoms with E-state index in [-0.39, 0.29) is 18.0 Å². The normalized spacial score (nSPS) is 25.2. The fourth-order valence-corrected chi connectivity index (χ4v) is 4.91. The van der Waals surface area contributed by atoms with Crippen LogP contribution < -0.4 is 11.0 Å². The molecule has 1 unspecified atom stereocenters. The second kappa shape index (κ2) is 7.97. The zero-order valence-corrected chi connectivity index (χ0v) is 16.7. The number of rotatable bonds is 5. The summed E-state index contributed by atoms with van der Waals surface area (Å²) in [7, 11) is 1.72. The molecule has 0 spiro atoms. The smallest absolute Gasteiger partial charge is 0.303 e. The van der Waals surface area contributed by atoms with E-state index >= 15 is 0 Å². The molecule has 1 aromatic carbocycles. The van der Waals surface area contributed by atoms with Crippen molar-refractivity contribution in [3.8, 4) is 0 Å². The Morgan fingerprint density at radius 2 is 1.76 bits per heavy atom. The van der Waals surface area contributed by atoms with Gasteiger partial charge in [0.2, 0.25) is 11.8 Å². The van der Waals surface area contributed by atoms with E-state index in [9.17, 15) is 19.2 Å². The van der Waals surface area contributed by atoms with E-state index in [2.05, 4.69) is 11.4 Å². The fraction of sp³-hybridized carbons (Fsp3) is 0.545. The molecule has 1 N–H and O–H groups in total. The topological polar surface area (TPSA) is 90.2 Å². The Kier molecular flexibility index (Phi) is 5.39. The van der Waals surface area contributed by atoms with Gasteiger partial charge in [-0.2, -0.15) is 0 Å². The van der Waals surface area contributed by atoms with Crippen molar-refractivity contribution in [1.29, 1.82) is 0 Å². The molecule has 2 heterocycles. The molecule has 1 saturated carbocycles. The van der Waals surface area contributed by atoms with Crippen LogP contribution in [-0.4, -0.2) is 27.2 Å². The molecule has 7 nitrogen and oxygen atoms in total. The van der Waals surface area contributed by atoms with E-state index in [0.29, 0.717) is 24.7 Å². The highest BCUT2D eigenvalue weighted by atomic mass is 16.2. The third kappa shape index (κ3) is 3.78. The SMILES string of the molecule is Cn1c(=O)n(C2CCC(=O)NC2=O)c2ccc(CC3CCC(CC=O)CC3)cc21. The lowest BCUT2D eigenvalue weighted by atomic mass is 9.78. The molecule has 1 aliphatic carbocycles. The number of piperidine rings is 1. The number of aryl methyl sites for hydroxylation is 1. The molecule has 2 aromatic rings. The highest BCUT2D eigenvalue weighted by Crippen LogP contribution is 2.33. The fourth-order valence-electron chi connectivity index (χ4n) is 4.91. The third-order valence-corrected chi connectivity index (χ3v) is 6.60. The molecule has 2 fully saturated rings. The van der Waals surface area contributed by atoms with E-state index in [4.69, 9.17) is 0 Å². The first-order valence-electron chi connectivity index (χ1n) is 10.4. The van der Waals surface area contributed by atoms with Crippen molar-refractivity contribution in [3.05, 3.63) is 34.2 Å². The van der Waals surface area contributed by atoms with Gasteiger partial charge in [-0.25, -0.2) is 4.79 Å². The number of imide groups is 1. The summed E-state index contributed by atoms with van der Waals surface area (Å²) >= 11 is 0. The molecule has 1 saturated heterocycles. The molecule has 0 bridgehead atoms. The van der Waals surface area contributed by atoms with Gasteiger partial charge >= 0.3 is 5.69 Å². The Hall–Kier alpha value is -2.70. The van der Waals surface area contributed by atoms with E-state index in [1.54, 1.807) is 11.6 Å². The van der Waals surface area contributed by atoms with Gasteiger partial charge in [0.25, 0.3) is 0 Å². The van der Waals surface area contributed by atoms with Gasteiger partial charge in [0.15, 0.2) is 0 Å². The van der Waals surface area contributed by atoms with Crippen molar-refractivity contribution in [2.24, 2.45) is 18.9 Å². The van der Waals surface area contributed by atoms with Gasteiger partial charge in [-0.1, -0.05) is 6.07 Å². The predicted molar refractivity (Wildman–Crippen MR) is 108 cm³/mol.